The maximum atomic E-state index is 9.61. The standard InChI is InChI=1S/C21H23N3O2/c25-14-17(26)12-22-21-11-20(18-7-3-4-8-19(18)23-21)24-10-9-15-5-1-2-6-16(15)13-24/h1-8,11,17,25-26H,9-10,12-14H2,(H,22,23). The van der Waals surface area contributed by atoms with Crippen LogP contribution in [-0.4, -0.2) is 41.0 Å². The number of hydrogen-bond acceptors (Lipinski definition) is 5. The van der Waals surface area contributed by atoms with E-state index in [1.54, 1.807) is 0 Å². The second-order valence-corrected chi connectivity index (χ2v) is 6.70. The van der Waals surface area contributed by atoms with Crippen LogP contribution in [0.1, 0.15) is 11.1 Å². The highest BCUT2D eigenvalue weighted by Gasteiger charge is 2.19. The first-order chi connectivity index (χ1) is 12.7. The summed E-state index contributed by atoms with van der Waals surface area (Å²) in [7, 11) is 0. The Balaban J connectivity index is 1.69. The molecule has 4 rings (SSSR count). The van der Waals surface area contributed by atoms with Crippen LogP contribution in [0.25, 0.3) is 10.9 Å². The molecule has 0 amide bonds. The molecule has 0 saturated heterocycles. The molecule has 26 heavy (non-hydrogen) atoms. The van der Waals surface area contributed by atoms with Gasteiger partial charge >= 0.3 is 0 Å². The minimum atomic E-state index is -0.798. The highest BCUT2D eigenvalue weighted by atomic mass is 16.3. The van der Waals surface area contributed by atoms with Crippen LogP contribution in [0.15, 0.2) is 54.6 Å². The van der Waals surface area contributed by atoms with Crippen molar-refractivity contribution in [2.45, 2.75) is 19.1 Å². The van der Waals surface area contributed by atoms with Gasteiger partial charge in [-0.25, -0.2) is 4.98 Å². The molecule has 2 aromatic carbocycles. The van der Waals surface area contributed by atoms with E-state index < -0.39 is 6.10 Å². The van der Waals surface area contributed by atoms with E-state index >= 15 is 0 Å². The minimum absolute atomic E-state index is 0.268. The number of nitrogens with one attached hydrogen (secondary N) is 1. The molecule has 3 aromatic rings. The normalized spacial score (nSPS) is 14.9. The van der Waals surface area contributed by atoms with Crippen molar-refractivity contribution in [3.05, 3.63) is 65.7 Å². The third-order valence-corrected chi connectivity index (χ3v) is 4.90. The summed E-state index contributed by atoms with van der Waals surface area (Å²) in [5.74, 6) is 0.713. The van der Waals surface area contributed by atoms with Gasteiger partial charge in [0.25, 0.3) is 0 Å². The number of aliphatic hydroxyl groups excluding tert-OH is 2. The molecule has 3 N–H and O–H groups in total. The molecule has 2 heterocycles. The summed E-state index contributed by atoms with van der Waals surface area (Å²) in [4.78, 5) is 7.04. The minimum Gasteiger partial charge on any atom is -0.394 e. The molecule has 0 aliphatic carbocycles. The Morgan fingerprint density at radius 3 is 2.69 bits per heavy atom. The molecule has 0 fully saturated rings. The Morgan fingerprint density at radius 1 is 1.08 bits per heavy atom. The highest BCUT2D eigenvalue weighted by Crippen LogP contribution is 2.32. The quantitative estimate of drug-likeness (QED) is 0.660. The van der Waals surface area contributed by atoms with Gasteiger partial charge in [0.15, 0.2) is 0 Å². The van der Waals surface area contributed by atoms with Gasteiger partial charge in [-0.15, -0.1) is 0 Å². The van der Waals surface area contributed by atoms with Crippen molar-refractivity contribution in [3.63, 3.8) is 0 Å². The number of para-hydroxylation sites is 1. The van der Waals surface area contributed by atoms with E-state index in [0.717, 1.165) is 36.1 Å². The van der Waals surface area contributed by atoms with Crippen molar-refractivity contribution in [2.24, 2.45) is 0 Å². The number of pyridine rings is 1. The molecule has 134 valence electrons. The smallest absolute Gasteiger partial charge is 0.128 e. The lowest BCUT2D eigenvalue weighted by Crippen LogP contribution is -2.30. The summed E-state index contributed by atoms with van der Waals surface area (Å²) in [6.07, 6.45) is 0.229. The van der Waals surface area contributed by atoms with Crippen LogP contribution in [0.5, 0.6) is 0 Å². The van der Waals surface area contributed by atoms with Gasteiger partial charge in [0, 0.05) is 31.1 Å². The van der Waals surface area contributed by atoms with E-state index in [1.165, 1.54) is 11.1 Å². The largest absolute Gasteiger partial charge is 0.394 e. The molecule has 1 aliphatic heterocycles. The first-order valence-electron chi connectivity index (χ1n) is 8.99. The topological polar surface area (TPSA) is 68.6 Å². The van der Waals surface area contributed by atoms with Crippen LogP contribution in [0, 0.1) is 0 Å². The third kappa shape index (κ3) is 3.36. The summed E-state index contributed by atoms with van der Waals surface area (Å²) in [5, 5.41) is 22.9. The number of aromatic nitrogens is 1. The van der Waals surface area contributed by atoms with Crippen LogP contribution >= 0.6 is 0 Å². The second kappa shape index (κ2) is 7.32. The molecule has 5 nitrogen and oxygen atoms in total. The van der Waals surface area contributed by atoms with Crippen molar-refractivity contribution in [1.82, 2.24) is 4.98 Å². The number of anilines is 2. The maximum absolute atomic E-state index is 9.61. The molecule has 0 saturated carbocycles. The van der Waals surface area contributed by atoms with Gasteiger partial charge in [-0.2, -0.15) is 0 Å². The third-order valence-electron chi connectivity index (χ3n) is 4.90. The van der Waals surface area contributed by atoms with Crippen LogP contribution in [-0.2, 0) is 13.0 Å². The number of benzene rings is 2. The summed E-state index contributed by atoms with van der Waals surface area (Å²) >= 11 is 0. The van der Waals surface area contributed by atoms with Gasteiger partial charge in [-0.3, -0.25) is 0 Å². The molecule has 1 aliphatic rings. The highest BCUT2D eigenvalue weighted by molar-refractivity contribution is 5.93. The fourth-order valence-corrected chi connectivity index (χ4v) is 3.50. The predicted octanol–water partition coefficient (Wildman–Crippen LogP) is 2.56. The summed E-state index contributed by atoms with van der Waals surface area (Å²) in [6.45, 7) is 1.84. The summed E-state index contributed by atoms with van der Waals surface area (Å²) in [5.41, 5.74) is 4.85. The molecule has 0 spiro atoms. The lowest BCUT2D eigenvalue weighted by Gasteiger charge is -2.32. The van der Waals surface area contributed by atoms with E-state index in [2.05, 4.69) is 45.5 Å². The van der Waals surface area contributed by atoms with Gasteiger partial charge < -0.3 is 20.4 Å². The van der Waals surface area contributed by atoms with E-state index in [-0.39, 0.29) is 13.2 Å². The Bertz CT molecular complexity index is 913. The first-order valence-corrected chi connectivity index (χ1v) is 8.99. The van der Waals surface area contributed by atoms with Crippen molar-refractivity contribution in [3.8, 4) is 0 Å². The average molecular weight is 349 g/mol. The summed E-state index contributed by atoms with van der Waals surface area (Å²) < 4.78 is 0. The molecule has 0 radical (unpaired) electrons. The zero-order valence-electron chi connectivity index (χ0n) is 14.6. The molecule has 1 atom stereocenters. The number of hydrogen-bond donors (Lipinski definition) is 3. The Morgan fingerprint density at radius 2 is 1.85 bits per heavy atom. The van der Waals surface area contributed by atoms with Crippen LogP contribution in [0.3, 0.4) is 0 Å². The van der Waals surface area contributed by atoms with E-state index in [0.29, 0.717) is 5.82 Å². The molecular formula is C21H23N3O2. The fraction of sp³-hybridized carbons (Fsp3) is 0.286. The lowest BCUT2D eigenvalue weighted by molar-refractivity contribution is 0.105. The zero-order valence-corrected chi connectivity index (χ0v) is 14.6. The number of fused-ring (bicyclic) bond motifs is 2. The zero-order chi connectivity index (χ0) is 17.9. The number of rotatable bonds is 5. The second-order valence-electron chi connectivity index (χ2n) is 6.70. The van der Waals surface area contributed by atoms with Crippen molar-refractivity contribution >= 4 is 22.4 Å². The lowest BCUT2D eigenvalue weighted by atomic mass is 9.99. The van der Waals surface area contributed by atoms with E-state index in [9.17, 15) is 5.11 Å². The van der Waals surface area contributed by atoms with Crippen LogP contribution in [0.4, 0.5) is 11.5 Å². The Kier molecular flexibility index (Phi) is 4.73. The fourth-order valence-electron chi connectivity index (χ4n) is 3.50. The maximum Gasteiger partial charge on any atom is 0.128 e. The molecule has 0 bridgehead atoms. The SMILES string of the molecule is OCC(O)CNc1cc(N2CCc3ccccc3C2)c2ccccc2n1. The van der Waals surface area contributed by atoms with Gasteiger partial charge in [0.2, 0.25) is 0 Å². The van der Waals surface area contributed by atoms with Crippen LogP contribution < -0.4 is 10.2 Å². The molecule has 5 heteroatoms. The predicted molar refractivity (Wildman–Crippen MR) is 105 cm³/mol. The van der Waals surface area contributed by atoms with Gasteiger partial charge in [-0.1, -0.05) is 42.5 Å². The monoisotopic (exact) mass is 349 g/mol. The van der Waals surface area contributed by atoms with E-state index in [1.807, 2.05) is 24.3 Å². The molecule has 1 unspecified atom stereocenters. The Labute approximate surface area is 152 Å². The van der Waals surface area contributed by atoms with Gasteiger partial charge in [0.1, 0.15) is 5.82 Å². The molecule has 1 aromatic heterocycles. The van der Waals surface area contributed by atoms with Gasteiger partial charge in [0.05, 0.1) is 23.9 Å². The molecular weight excluding hydrogens is 326 g/mol. The summed E-state index contributed by atoms with van der Waals surface area (Å²) in [6, 6.07) is 18.8. The first kappa shape index (κ1) is 16.8. The van der Waals surface area contributed by atoms with Crippen LogP contribution in [0.2, 0.25) is 0 Å². The van der Waals surface area contributed by atoms with Crippen molar-refractivity contribution < 1.29 is 10.2 Å². The Hall–Kier alpha value is -2.63. The number of nitrogens with zero attached hydrogens (tertiary/aromatic N) is 2. The van der Waals surface area contributed by atoms with E-state index in [4.69, 9.17) is 5.11 Å². The van der Waals surface area contributed by atoms with Crippen molar-refractivity contribution in [2.75, 3.05) is 29.9 Å². The van der Waals surface area contributed by atoms with Gasteiger partial charge in [-0.05, 0) is 23.6 Å². The van der Waals surface area contributed by atoms with Crippen molar-refractivity contribution in [1.29, 1.82) is 0 Å². The average Bonchev–Trinajstić information content (AvgIpc) is 2.71. The number of aliphatic hydroxyl groups is 2.